The predicted octanol–water partition coefficient (Wildman–Crippen LogP) is 1.76. The van der Waals surface area contributed by atoms with Gasteiger partial charge in [-0.15, -0.1) is 0 Å². The highest BCUT2D eigenvalue weighted by Gasteiger charge is 1.99. The predicted molar refractivity (Wildman–Crippen MR) is 58.8 cm³/mol. The van der Waals surface area contributed by atoms with Crippen LogP contribution in [0, 0.1) is 0 Å². The minimum absolute atomic E-state index is 0.0411. The van der Waals surface area contributed by atoms with Crippen LogP contribution in [0.3, 0.4) is 0 Å². The number of nitrogens with zero attached hydrogens (tertiary/aromatic N) is 1. The number of hydrogen-bond donors (Lipinski definition) is 1. The highest BCUT2D eigenvalue weighted by atomic mass is 16.3. The van der Waals surface area contributed by atoms with Gasteiger partial charge in [0.1, 0.15) is 5.75 Å². The van der Waals surface area contributed by atoms with Gasteiger partial charge in [0.05, 0.1) is 0 Å². The van der Waals surface area contributed by atoms with Gasteiger partial charge in [-0.2, -0.15) is 0 Å². The highest BCUT2D eigenvalue weighted by Crippen LogP contribution is 2.19. The zero-order valence-corrected chi connectivity index (χ0v) is 8.34. The van der Waals surface area contributed by atoms with E-state index in [2.05, 4.69) is 0 Å². The van der Waals surface area contributed by atoms with E-state index >= 15 is 0 Å². The van der Waals surface area contributed by atoms with E-state index in [0.717, 1.165) is 11.1 Å². The van der Waals surface area contributed by atoms with Gasteiger partial charge in [0.15, 0.2) is 0 Å². The summed E-state index contributed by atoms with van der Waals surface area (Å²) in [5.74, 6) is 0.225. The second-order valence-electron chi connectivity index (χ2n) is 3.41. The molecule has 0 aliphatic carbocycles. The first-order valence-electron chi connectivity index (χ1n) is 4.63. The standard InChI is InChI=1S/C12H11NO2/c1-13-7-6-10(8-12(13)15)9-2-4-11(14)5-3-9/h2-8,14H,1H3. The Bertz CT molecular complexity index is 526. The van der Waals surface area contributed by atoms with Crippen LogP contribution in [0.2, 0.25) is 0 Å². The number of rotatable bonds is 1. The molecule has 0 bridgehead atoms. The van der Waals surface area contributed by atoms with E-state index in [1.54, 1.807) is 43.6 Å². The summed E-state index contributed by atoms with van der Waals surface area (Å²) in [6, 6.07) is 10.2. The average molecular weight is 201 g/mol. The lowest BCUT2D eigenvalue weighted by Crippen LogP contribution is -2.13. The Morgan fingerprint density at radius 2 is 1.73 bits per heavy atom. The lowest BCUT2D eigenvalue weighted by molar-refractivity contribution is 0.475. The molecule has 1 heterocycles. The Morgan fingerprint density at radius 1 is 1.07 bits per heavy atom. The molecule has 0 amide bonds. The second-order valence-corrected chi connectivity index (χ2v) is 3.41. The number of benzene rings is 1. The summed E-state index contributed by atoms with van der Waals surface area (Å²) in [5.41, 5.74) is 1.74. The molecule has 0 fully saturated rings. The van der Waals surface area contributed by atoms with Gasteiger partial charge in [0, 0.05) is 19.3 Å². The van der Waals surface area contributed by atoms with E-state index in [0.29, 0.717) is 0 Å². The number of aromatic hydroxyl groups is 1. The van der Waals surface area contributed by atoms with E-state index in [4.69, 9.17) is 5.11 Å². The topological polar surface area (TPSA) is 42.2 Å². The van der Waals surface area contributed by atoms with Crippen LogP contribution in [0.15, 0.2) is 47.4 Å². The minimum atomic E-state index is -0.0411. The molecule has 2 aromatic rings. The van der Waals surface area contributed by atoms with Crippen LogP contribution in [0.25, 0.3) is 11.1 Å². The van der Waals surface area contributed by atoms with E-state index in [1.807, 2.05) is 6.07 Å². The van der Waals surface area contributed by atoms with Gasteiger partial charge in [0.2, 0.25) is 0 Å². The van der Waals surface area contributed by atoms with E-state index < -0.39 is 0 Å². The molecule has 0 atom stereocenters. The molecule has 0 spiro atoms. The van der Waals surface area contributed by atoms with Crippen LogP contribution in [-0.4, -0.2) is 9.67 Å². The Hall–Kier alpha value is -2.03. The first kappa shape index (κ1) is 9.52. The molecule has 0 saturated heterocycles. The number of aromatic nitrogens is 1. The van der Waals surface area contributed by atoms with Crippen molar-refractivity contribution >= 4 is 0 Å². The lowest BCUT2D eigenvalue weighted by Gasteiger charge is -2.02. The summed E-state index contributed by atoms with van der Waals surface area (Å²) in [5, 5.41) is 9.14. The molecule has 2 rings (SSSR count). The van der Waals surface area contributed by atoms with Crippen LogP contribution in [0.5, 0.6) is 5.75 Å². The third-order valence-corrected chi connectivity index (χ3v) is 2.30. The van der Waals surface area contributed by atoms with Crippen molar-refractivity contribution in [2.45, 2.75) is 0 Å². The summed E-state index contributed by atoms with van der Waals surface area (Å²) in [7, 11) is 1.71. The van der Waals surface area contributed by atoms with Crippen molar-refractivity contribution in [1.82, 2.24) is 4.57 Å². The lowest BCUT2D eigenvalue weighted by atomic mass is 10.1. The van der Waals surface area contributed by atoms with Crippen molar-refractivity contribution in [2.24, 2.45) is 7.05 Å². The van der Waals surface area contributed by atoms with Crippen molar-refractivity contribution in [3.05, 3.63) is 52.9 Å². The molecule has 0 aliphatic rings. The summed E-state index contributed by atoms with van der Waals surface area (Å²) < 4.78 is 1.52. The van der Waals surface area contributed by atoms with Crippen LogP contribution in [0.1, 0.15) is 0 Å². The third-order valence-electron chi connectivity index (χ3n) is 2.30. The molecule has 0 aliphatic heterocycles. The average Bonchev–Trinajstić information content (AvgIpc) is 2.23. The molecule has 0 saturated carbocycles. The molecular formula is C12H11NO2. The van der Waals surface area contributed by atoms with Crippen LogP contribution in [-0.2, 0) is 7.05 Å². The molecule has 1 N–H and O–H groups in total. The van der Waals surface area contributed by atoms with Crippen molar-refractivity contribution < 1.29 is 5.11 Å². The van der Waals surface area contributed by atoms with Gasteiger partial charge in [-0.1, -0.05) is 12.1 Å². The Labute approximate surface area is 87.2 Å². The highest BCUT2D eigenvalue weighted by molar-refractivity contribution is 5.63. The van der Waals surface area contributed by atoms with E-state index in [-0.39, 0.29) is 11.3 Å². The zero-order valence-electron chi connectivity index (χ0n) is 8.34. The maximum Gasteiger partial charge on any atom is 0.250 e. The first-order chi connectivity index (χ1) is 7.16. The number of phenolic OH excluding ortho intramolecular Hbond substituents is 1. The summed E-state index contributed by atoms with van der Waals surface area (Å²) in [4.78, 5) is 11.4. The van der Waals surface area contributed by atoms with Gasteiger partial charge in [-0.05, 0) is 29.3 Å². The van der Waals surface area contributed by atoms with Crippen LogP contribution in [0.4, 0.5) is 0 Å². The first-order valence-corrected chi connectivity index (χ1v) is 4.63. The number of pyridine rings is 1. The van der Waals surface area contributed by atoms with Crippen LogP contribution < -0.4 is 5.56 Å². The third kappa shape index (κ3) is 1.91. The van der Waals surface area contributed by atoms with Crippen molar-refractivity contribution in [1.29, 1.82) is 0 Å². The van der Waals surface area contributed by atoms with Crippen molar-refractivity contribution in [2.75, 3.05) is 0 Å². The molecule has 3 heteroatoms. The fraction of sp³-hybridized carbons (Fsp3) is 0.0833. The van der Waals surface area contributed by atoms with Crippen LogP contribution >= 0.6 is 0 Å². The molecule has 76 valence electrons. The number of aryl methyl sites for hydroxylation is 1. The molecular weight excluding hydrogens is 190 g/mol. The fourth-order valence-corrected chi connectivity index (χ4v) is 1.38. The normalized spacial score (nSPS) is 10.2. The number of hydrogen-bond acceptors (Lipinski definition) is 2. The largest absolute Gasteiger partial charge is 0.508 e. The van der Waals surface area contributed by atoms with Gasteiger partial charge in [0.25, 0.3) is 5.56 Å². The molecule has 1 aromatic heterocycles. The maximum atomic E-state index is 11.4. The number of phenols is 1. The van der Waals surface area contributed by atoms with Gasteiger partial charge >= 0.3 is 0 Å². The summed E-state index contributed by atoms with van der Waals surface area (Å²) >= 11 is 0. The van der Waals surface area contributed by atoms with Gasteiger partial charge < -0.3 is 9.67 Å². The van der Waals surface area contributed by atoms with E-state index in [1.165, 1.54) is 4.57 Å². The molecule has 1 aromatic carbocycles. The zero-order chi connectivity index (χ0) is 10.8. The minimum Gasteiger partial charge on any atom is -0.508 e. The summed E-state index contributed by atoms with van der Waals surface area (Å²) in [6.45, 7) is 0. The monoisotopic (exact) mass is 201 g/mol. The molecule has 0 radical (unpaired) electrons. The SMILES string of the molecule is Cn1ccc(-c2ccc(O)cc2)cc1=O. The smallest absolute Gasteiger partial charge is 0.250 e. The molecule has 3 nitrogen and oxygen atoms in total. The van der Waals surface area contributed by atoms with E-state index in [9.17, 15) is 4.79 Å². The summed E-state index contributed by atoms with van der Waals surface area (Å²) in [6.07, 6.45) is 1.73. The van der Waals surface area contributed by atoms with Gasteiger partial charge in [-0.25, -0.2) is 0 Å². The quantitative estimate of drug-likeness (QED) is 0.763. The molecule has 15 heavy (non-hydrogen) atoms. The Kier molecular flexibility index (Phi) is 2.29. The second kappa shape index (κ2) is 3.61. The van der Waals surface area contributed by atoms with Crippen molar-refractivity contribution in [3.63, 3.8) is 0 Å². The van der Waals surface area contributed by atoms with Gasteiger partial charge in [-0.3, -0.25) is 4.79 Å². The fourth-order valence-electron chi connectivity index (χ4n) is 1.38. The Morgan fingerprint density at radius 3 is 2.33 bits per heavy atom. The van der Waals surface area contributed by atoms with Crippen molar-refractivity contribution in [3.8, 4) is 16.9 Å². The Balaban J connectivity index is 2.50. The molecule has 0 unspecified atom stereocenters. The maximum absolute atomic E-state index is 11.4.